The van der Waals surface area contributed by atoms with Crippen molar-refractivity contribution in [2.45, 2.75) is 11.8 Å². The Bertz CT molecular complexity index is 815. The van der Waals surface area contributed by atoms with E-state index in [2.05, 4.69) is 14.5 Å². The molecule has 0 unspecified atom stereocenters. The van der Waals surface area contributed by atoms with Crippen LogP contribution in [0.2, 0.25) is 0 Å². The van der Waals surface area contributed by atoms with E-state index in [1.807, 2.05) is 6.92 Å². The highest BCUT2D eigenvalue weighted by Gasteiger charge is 2.18. The Hall–Kier alpha value is -1.96. The summed E-state index contributed by atoms with van der Waals surface area (Å²) in [7, 11) is -3.46. The topological polar surface area (TPSA) is 52.7 Å². The van der Waals surface area contributed by atoms with Crippen LogP contribution in [-0.2, 0) is 10.0 Å². The molecule has 0 saturated carbocycles. The standard InChI is InChI=1S/C19H24FN3O2S/c1-16-2-8-19(9-3-16)26(24,25)21-10-11-22-12-14-23(15-13-22)18-6-4-17(20)5-7-18/h2-9,21H,10-15H2,1H3. The molecular formula is C19H24FN3O2S. The van der Waals surface area contributed by atoms with E-state index in [9.17, 15) is 12.8 Å². The Balaban J connectivity index is 1.45. The molecule has 26 heavy (non-hydrogen) atoms. The summed E-state index contributed by atoms with van der Waals surface area (Å²) in [6, 6.07) is 13.4. The smallest absolute Gasteiger partial charge is 0.240 e. The second-order valence-electron chi connectivity index (χ2n) is 6.52. The summed E-state index contributed by atoms with van der Waals surface area (Å²) in [5, 5.41) is 0. The number of nitrogens with one attached hydrogen (secondary N) is 1. The molecule has 0 spiro atoms. The zero-order chi connectivity index (χ0) is 18.6. The van der Waals surface area contributed by atoms with E-state index < -0.39 is 10.0 Å². The van der Waals surface area contributed by atoms with E-state index in [1.165, 1.54) is 12.1 Å². The Morgan fingerprint density at radius 2 is 1.58 bits per heavy atom. The summed E-state index contributed by atoms with van der Waals surface area (Å²) in [6.45, 7) is 6.37. The van der Waals surface area contributed by atoms with Crippen LogP contribution in [0.1, 0.15) is 5.56 Å². The van der Waals surface area contributed by atoms with Crippen molar-refractivity contribution in [1.29, 1.82) is 0 Å². The number of nitrogens with zero attached hydrogens (tertiary/aromatic N) is 2. The van der Waals surface area contributed by atoms with Gasteiger partial charge in [-0.1, -0.05) is 17.7 Å². The SMILES string of the molecule is Cc1ccc(S(=O)(=O)NCCN2CCN(c3ccc(F)cc3)CC2)cc1. The third-order valence-electron chi connectivity index (χ3n) is 4.62. The van der Waals surface area contributed by atoms with Crippen LogP contribution in [0.15, 0.2) is 53.4 Å². The normalized spacial score (nSPS) is 16.0. The van der Waals surface area contributed by atoms with Crippen LogP contribution in [0, 0.1) is 12.7 Å². The van der Waals surface area contributed by atoms with Gasteiger partial charge in [-0.25, -0.2) is 17.5 Å². The molecule has 0 aromatic heterocycles. The lowest BCUT2D eigenvalue weighted by molar-refractivity contribution is 0.262. The van der Waals surface area contributed by atoms with Crippen LogP contribution in [0.3, 0.4) is 0 Å². The van der Waals surface area contributed by atoms with Gasteiger partial charge < -0.3 is 4.90 Å². The van der Waals surface area contributed by atoms with Crippen molar-refractivity contribution in [1.82, 2.24) is 9.62 Å². The lowest BCUT2D eigenvalue weighted by Crippen LogP contribution is -2.48. The predicted molar refractivity (Wildman–Crippen MR) is 101 cm³/mol. The molecule has 1 N–H and O–H groups in total. The predicted octanol–water partition coefficient (Wildman–Crippen LogP) is 2.23. The number of hydrogen-bond donors (Lipinski definition) is 1. The highest BCUT2D eigenvalue weighted by atomic mass is 32.2. The molecule has 0 atom stereocenters. The van der Waals surface area contributed by atoms with Crippen molar-refractivity contribution in [2.75, 3.05) is 44.2 Å². The van der Waals surface area contributed by atoms with Gasteiger partial charge in [-0.3, -0.25) is 4.90 Å². The van der Waals surface area contributed by atoms with Gasteiger partial charge >= 0.3 is 0 Å². The summed E-state index contributed by atoms with van der Waals surface area (Å²) in [6.07, 6.45) is 0. The fourth-order valence-electron chi connectivity index (χ4n) is 3.02. The number of halogens is 1. The molecule has 0 radical (unpaired) electrons. The fraction of sp³-hybridized carbons (Fsp3) is 0.368. The minimum absolute atomic E-state index is 0.228. The molecular weight excluding hydrogens is 353 g/mol. The van der Waals surface area contributed by atoms with Crippen molar-refractivity contribution in [2.24, 2.45) is 0 Å². The molecule has 2 aromatic rings. The quantitative estimate of drug-likeness (QED) is 0.839. The molecule has 7 heteroatoms. The Kier molecular flexibility index (Phi) is 5.90. The van der Waals surface area contributed by atoms with Gasteiger partial charge in [0.15, 0.2) is 0 Å². The second-order valence-corrected chi connectivity index (χ2v) is 8.28. The molecule has 1 fully saturated rings. The summed E-state index contributed by atoms with van der Waals surface area (Å²) >= 11 is 0. The summed E-state index contributed by atoms with van der Waals surface area (Å²) in [5.74, 6) is -0.228. The van der Waals surface area contributed by atoms with Crippen LogP contribution in [0.5, 0.6) is 0 Å². The number of anilines is 1. The Morgan fingerprint density at radius 3 is 2.19 bits per heavy atom. The third-order valence-corrected chi connectivity index (χ3v) is 6.09. The summed E-state index contributed by atoms with van der Waals surface area (Å²) in [4.78, 5) is 4.74. The average molecular weight is 377 g/mol. The van der Waals surface area contributed by atoms with Gasteiger partial charge in [-0.05, 0) is 43.3 Å². The maximum absolute atomic E-state index is 13.0. The highest BCUT2D eigenvalue weighted by molar-refractivity contribution is 7.89. The molecule has 3 rings (SSSR count). The van der Waals surface area contributed by atoms with Gasteiger partial charge in [0, 0.05) is 45.0 Å². The molecule has 140 valence electrons. The fourth-order valence-corrected chi connectivity index (χ4v) is 4.04. The van der Waals surface area contributed by atoms with Crippen LogP contribution < -0.4 is 9.62 Å². The van der Waals surface area contributed by atoms with E-state index in [0.717, 1.165) is 37.4 Å². The first-order valence-electron chi connectivity index (χ1n) is 8.73. The molecule has 1 aliphatic heterocycles. The van der Waals surface area contributed by atoms with Crippen LogP contribution >= 0.6 is 0 Å². The largest absolute Gasteiger partial charge is 0.369 e. The zero-order valence-corrected chi connectivity index (χ0v) is 15.7. The zero-order valence-electron chi connectivity index (χ0n) is 14.9. The number of rotatable bonds is 6. The summed E-state index contributed by atoms with van der Waals surface area (Å²) in [5.41, 5.74) is 2.05. The molecule has 1 saturated heterocycles. The minimum atomic E-state index is -3.46. The first kappa shape index (κ1) is 18.8. The maximum Gasteiger partial charge on any atom is 0.240 e. The number of piperazine rings is 1. The molecule has 5 nitrogen and oxygen atoms in total. The first-order valence-corrected chi connectivity index (χ1v) is 10.2. The van der Waals surface area contributed by atoms with Gasteiger partial charge in [0.05, 0.1) is 4.90 Å². The molecule has 0 aliphatic carbocycles. The molecule has 0 amide bonds. The van der Waals surface area contributed by atoms with Gasteiger partial charge in [-0.2, -0.15) is 0 Å². The third kappa shape index (κ3) is 4.81. The number of hydrogen-bond acceptors (Lipinski definition) is 4. The highest BCUT2D eigenvalue weighted by Crippen LogP contribution is 2.16. The van der Waals surface area contributed by atoms with Crippen molar-refractivity contribution in [3.63, 3.8) is 0 Å². The second kappa shape index (κ2) is 8.16. The van der Waals surface area contributed by atoms with Crippen LogP contribution in [0.25, 0.3) is 0 Å². The average Bonchev–Trinajstić information content (AvgIpc) is 2.63. The van der Waals surface area contributed by atoms with E-state index >= 15 is 0 Å². The van der Waals surface area contributed by atoms with E-state index in [1.54, 1.807) is 36.4 Å². The van der Waals surface area contributed by atoms with E-state index in [4.69, 9.17) is 0 Å². The minimum Gasteiger partial charge on any atom is -0.369 e. The first-order chi connectivity index (χ1) is 12.4. The number of benzene rings is 2. The maximum atomic E-state index is 13.0. The van der Waals surface area contributed by atoms with Crippen molar-refractivity contribution >= 4 is 15.7 Å². The lowest BCUT2D eigenvalue weighted by atomic mass is 10.2. The Labute approximate surface area is 154 Å². The van der Waals surface area contributed by atoms with Gasteiger partial charge in [-0.15, -0.1) is 0 Å². The van der Waals surface area contributed by atoms with E-state index in [0.29, 0.717) is 18.0 Å². The van der Waals surface area contributed by atoms with Crippen molar-refractivity contribution in [3.05, 3.63) is 59.9 Å². The lowest BCUT2D eigenvalue weighted by Gasteiger charge is -2.36. The molecule has 2 aromatic carbocycles. The van der Waals surface area contributed by atoms with Crippen molar-refractivity contribution in [3.8, 4) is 0 Å². The Morgan fingerprint density at radius 1 is 0.962 bits per heavy atom. The number of aryl methyl sites for hydroxylation is 1. The van der Waals surface area contributed by atoms with Crippen molar-refractivity contribution < 1.29 is 12.8 Å². The molecule has 0 bridgehead atoms. The van der Waals surface area contributed by atoms with Crippen LogP contribution in [0.4, 0.5) is 10.1 Å². The molecule has 1 aliphatic rings. The summed E-state index contributed by atoms with van der Waals surface area (Å²) < 4.78 is 40.2. The van der Waals surface area contributed by atoms with Crippen LogP contribution in [-0.4, -0.2) is 52.6 Å². The van der Waals surface area contributed by atoms with Gasteiger partial charge in [0.25, 0.3) is 0 Å². The van der Waals surface area contributed by atoms with E-state index in [-0.39, 0.29) is 5.82 Å². The monoisotopic (exact) mass is 377 g/mol. The number of sulfonamides is 1. The van der Waals surface area contributed by atoms with Gasteiger partial charge in [0.2, 0.25) is 10.0 Å². The van der Waals surface area contributed by atoms with Gasteiger partial charge in [0.1, 0.15) is 5.82 Å². The molecule has 1 heterocycles.